The van der Waals surface area contributed by atoms with Gasteiger partial charge in [-0.25, -0.2) is 18.1 Å². The van der Waals surface area contributed by atoms with Crippen LogP contribution in [0.3, 0.4) is 0 Å². The molecule has 24 heavy (non-hydrogen) atoms. The number of hydrogen-bond acceptors (Lipinski definition) is 4. The maximum atomic E-state index is 12.4. The molecule has 5 nitrogen and oxygen atoms in total. The zero-order chi connectivity index (χ0) is 17.0. The summed E-state index contributed by atoms with van der Waals surface area (Å²) in [6.07, 6.45) is 9.32. The van der Waals surface area contributed by atoms with Crippen molar-refractivity contribution in [3.63, 3.8) is 0 Å². The number of rotatable bonds is 6. The van der Waals surface area contributed by atoms with Gasteiger partial charge in [-0.05, 0) is 56.4 Å². The highest BCUT2D eigenvalue weighted by Crippen LogP contribution is 2.22. The van der Waals surface area contributed by atoms with Crippen LogP contribution in [0.4, 0.5) is 0 Å². The molecule has 1 heterocycles. The van der Waals surface area contributed by atoms with Crippen LogP contribution in [-0.4, -0.2) is 19.9 Å². The maximum Gasteiger partial charge on any atom is 0.240 e. The number of nitrogens with one attached hydrogen (secondary N) is 1. The second kappa shape index (κ2) is 7.32. The van der Waals surface area contributed by atoms with Gasteiger partial charge < -0.3 is 4.42 Å². The number of oxazole rings is 1. The molecule has 0 aliphatic heterocycles. The Morgan fingerprint density at radius 3 is 2.62 bits per heavy atom. The van der Waals surface area contributed by atoms with E-state index in [-0.39, 0.29) is 4.90 Å². The van der Waals surface area contributed by atoms with E-state index in [9.17, 15) is 8.42 Å². The van der Waals surface area contributed by atoms with E-state index in [1.165, 1.54) is 18.4 Å². The fourth-order valence-electron chi connectivity index (χ4n) is 2.85. The predicted molar refractivity (Wildman–Crippen MR) is 93.0 cm³/mol. The number of allylic oxidation sites excluding steroid dienone is 1. The molecule has 0 saturated carbocycles. The molecule has 1 aromatic heterocycles. The summed E-state index contributed by atoms with van der Waals surface area (Å²) >= 11 is 0. The summed E-state index contributed by atoms with van der Waals surface area (Å²) in [7, 11) is -3.48. The molecule has 1 aliphatic rings. The summed E-state index contributed by atoms with van der Waals surface area (Å²) in [5.74, 6) is 1.22. The van der Waals surface area contributed by atoms with Crippen molar-refractivity contribution in [2.75, 3.05) is 6.54 Å². The van der Waals surface area contributed by atoms with E-state index in [1.807, 2.05) is 0 Å². The first kappa shape index (κ1) is 16.9. The van der Waals surface area contributed by atoms with E-state index in [0.717, 1.165) is 24.8 Å². The molecule has 0 spiro atoms. The molecule has 0 amide bonds. The van der Waals surface area contributed by atoms with Crippen LogP contribution in [0.2, 0.25) is 0 Å². The van der Waals surface area contributed by atoms with E-state index < -0.39 is 10.0 Å². The van der Waals surface area contributed by atoms with E-state index in [1.54, 1.807) is 37.4 Å². The molecular formula is C18H22N2O3S. The Morgan fingerprint density at radius 2 is 2.00 bits per heavy atom. The largest absolute Gasteiger partial charge is 0.441 e. The summed E-state index contributed by atoms with van der Waals surface area (Å²) in [4.78, 5) is 4.31. The number of aryl methyl sites for hydroxylation is 1. The number of sulfonamides is 1. The van der Waals surface area contributed by atoms with E-state index in [0.29, 0.717) is 18.2 Å². The summed E-state index contributed by atoms with van der Waals surface area (Å²) in [6, 6.07) is 6.65. The Morgan fingerprint density at radius 1 is 1.21 bits per heavy atom. The molecule has 0 fully saturated rings. The van der Waals surface area contributed by atoms with Crippen molar-refractivity contribution < 1.29 is 12.8 Å². The van der Waals surface area contributed by atoms with Crippen LogP contribution in [-0.2, 0) is 10.0 Å². The first-order chi connectivity index (χ1) is 11.5. The van der Waals surface area contributed by atoms with E-state index >= 15 is 0 Å². The van der Waals surface area contributed by atoms with Gasteiger partial charge in [-0.15, -0.1) is 0 Å². The molecule has 6 heteroatoms. The smallest absolute Gasteiger partial charge is 0.240 e. The van der Waals surface area contributed by atoms with E-state index in [4.69, 9.17) is 4.42 Å². The van der Waals surface area contributed by atoms with Crippen LogP contribution < -0.4 is 4.72 Å². The van der Waals surface area contributed by atoms with Crippen LogP contribution in [0.15, 0.2) is 51.4 Å². The van der Waals surface area contributed by atoms with Crippen molar-refractivity contribution in [1.29, 1.82) is 0 Å². The molecule has 128 valence electrons. The van der Waals surface area contributed by atoms with Crippen molar-refractivity contribution in [3.05, 3.63) is 48.0 Å². The standard InChI is InChI=1S/C18H22N2O3S/c1-14-19-13-18(23-14)16-7-9-17(10-8-16)24(21,22)20-12-11-15-5-3-2-4-6-15/h5,7-10,13,20H,2-4,6,11-12H2,1H3. The van der Waals surface area contributed by atoms with Gasteiger partial charge in [-0.1, -0.05) is 11.6 Å². The fourth-order valence-corrected chi connectivity index (χ4v) is 3.89. The normalized spacial score (nSPS) is 15.3. The molecule has 0 atom stereocenters. The third kappa shape index (κ3) is 4.13. The van der Waals surface area contributed by atoms with Gasteiger partial charge in [-0.2, -0.15) is 0 Å². The summed E-state index contributed by atoms with van der Waals surface area (Å²) in [6.45, 7) is 2.21. The lowest BCUT2D eigenvalue weighted by Crippen LogP contribution is -2.25. The predicted octanol–water partition coefficient (Wildman–Crippen LogP) is 3.82. The molecular weight excluding hydrogens is 324 g/mol. The highest BCUT2D eigenvalue weighted by Gasteiger charge is 2.14. The minimum Gasteiger partial charge on any atom is -0.441 e. The Balaban J connectivity index is 1.62. The van der Waals surface area contributed by atoms with Crippen molar-refractivity contribution in [2.24, 2.45) is 0 Å². The van der Waals surface area contributed by atoms with Crippen molar-refractivity contribution in [1.82, 2.24) is 9.71 Å². The number of aromatic nitrogens is 1. The van der Waals surface area contributed by atoms with Gasteiger partial charge >= 0.3 is 0 Å². The molecule has 0 saturated heterocycles. The van der Waals surface area contributed by atoms with Crippen LogP contribution in [0.5, 0.6) is 0 Å². The minimum absolute atomic E-state index is 0.264. The first-order valence-electron chi connectivity index (χ1n) is 8.25. The molecule has 0 bridgehead atoms. The quantitative estimate of drug-likeness (QED) is 0.807. The molecule has 3 rings (SSSR count). The minimum atomic E-state index is -3.48. The molecule has 1 N–H and O–H groups in total. The molecule has 0 unspecified atom stereocenters. The molecule has 1 aliphatic carbocycles. The highest BCUT2D eigenvalue weighted by molar-refractivity contribution is 7.89. The number of nitrogens with zero attached hydrogens (tertiary/aromatic N) is 1. The lowest BCUT2D eigenvalue weighted by atomic mass is 9.97. The van der Waals surface area contributed by atoms with Crippen LogP contribution >= 0.6 is 0 Å². The van der Waals surface area contributed by atoms with Gasteiger partial charge in [0.25, 0.3) is 0 Å². The first-order valence-corrected chi connectivity index (χ1v) is 9.73. The number of benzene rings is 1. The highest BCUT2D eigenvalue weighted by atomic mass is 32.2. The SMILES string of the molecule is Cc1ncc(-c2ccc(S(=O)(=O)NCCC3=CCCCC3)cc2)o1. The van der Waals surface area contributed by atoms with Gasteiger partial charge in [-0.3, -0.25) is 0 Å². The van der Waals surface area contributed by atoms with Crippen LogP contribution in [0.25, 0.3) is 11.3 Å². The van der Waals surface area contributed by atoms with Crippen molar-refractivity contribution in [2.45, 2.75) is 43.9 Å². The molecule has 2 aromatic rings. The third-order valence-electron chi connectivity index (χ3n) is 4.19. The Bertz CT molecular complexity index is 820. The third-order valence-corrected chi connectivity index (χ3v) is 5.67. The van der Waals surface area contributed by atoms with Gasteiger partial charge in [0.2, 0.25) is 10.0 Å². The van der Waals surface area contributed by atoms with Crippen LogP contribution in [0.1, 0.15) is 38.0 Å². The van der Waals surface area contributed by atoms with Gasteiger partial charge in [0.15, 0.2) is 11.7 Å². The second-order valence-corrected chi connectivity index (χ2v) is 7.79. The Kier molecular flexibility index (Phi) is 5.16. The van der Waals surface area contributed by atoms with Gasteiger partial charge in [0, 0.05) is 19.0 Å². The average Bonchev–Trinajstić information content (AvgIpc) is 3.02. The van der Waals surface area contributed by atoms with Crippen LogP contribution in [0, 0.1) is 6.92 Å². The second-order valence-electron chi connectivity index (χ2n) is 6.02. The zero-order valence-corrected chi connectivity index (χ0v) is 14.6. The monoisotopic (exact) mass is 346 g/mol. The van der Waals surface area contributed by atoms with E-state index in [2.05, 4.69) is 15.8 Å². The molecule has 1 aromatic carbocycles. The molecule has 0 radical (unpaired) electrons. The summed E-state index contributed by atoms with van der Waals surface area (Å²) in [5, 5.41) is 0. The van der Waals surface area contributed by atoms with Crippen molar-refractivity contribution >= 4 is 10.0 Å². The summed E-state index contributed by atoms with van der Waals surface area (Å²) in [5.41, 5.74) is 2.17. The average molecular weight is 346 g/mol. The Hall–Kier alpha value is -1.92. The van der Waals surface area contributed by atoms with Crippen molar-refractivity contribution in [3.8, 4) is 11.3 Å². The summed E-state index contributed by atoms with van der Waals surface area (Å²) < 4.78 is 32.8. The Labute approximate surface area is 142 Å². The lowest BCUT2D eigenvalue weighted by molar-refractivity contribution is 0.534. The van der Waals surface area contributed by atoms with Gasteiger partial charge in [0.05, 0.1) is 11.1 Å². The zero-order valence-electron chi connectivity index (χ0n) is 13.8. The lowest BCUT2D eigenvalue weighted by Gasteiger charge is -2.13. The fraction of sp³-hybridized carbons (Fsp3) is 0.389. The number of hydrogen-bond donors (Lipinski definition) is 1. The maximum absolute atomic E-state index is 12.4. The van der Waals surface area contributed by atoms with Gasteiger partial charge in [0.1, 0.15) is 0 Å². The topological polar surface area (TPSA) is 72.2 Å².